The predicted octanol–water partition coefficient (Wildman–Crippen LogP) is 5.24. The van der Waals surface area contributed by atoms with Gasteiger partial charge in [0.05, 0.1) is 10.6 Å². The van der Waals surface area contributed by atoms with Gasteiger partial charge in [-0.25, -0.2) is 0 Å². The molecule has 0 spiro atoms. The van der Waals surface area contributed by atoms with Crippen LogP contribution in [0.15, 0.2) is 21.1 Å². The van der Waals surface area contributed by atoms with Gasteiger partial charge in [-0.1, -0.05) is 6.42 Å². The standard InChI is InChI=1S/C17H15Br2F3N4O3/c18-11-6-9(26(28)29)7-12(19)15(11)23-14(27)8-25-13-5-3-1-2-4-10(13)16(24-25)17(20,21)22/h6-7H,1-5,8H2,(H,23,27). The third kappa shape index (κ3) is 4.80. The van der Waals surface area contributed by atoms with Crippen molar-refractivity contribution in [2.24, 2.45) is 0 Å². The van der Waals surface area contributed by atoms with Crippen molar-refractivity contribution in [3.8, 4) is 0 Å². The molecule has 2 aromatic rings. The zero-order chi connectivity index (χ0) is 21.3. The number of hydrogen-bond donors (Lipinski definition) is 1. The highest BCUT2D eigenvalue weighted by Crippen LogP contribution is 2.37. The molecular formula is C17H15Br2F3N4O3. The van der Waals surface area contributed by atoms with Crippen LogP contribution in [0, 0.1) is 10.1 Å². The number of benzene rings is 1. The van der Waals surface area contributed by atoms with Crippen molar-refractivity contribution in [2.75, 3.05) is 5.32 Å². The molecule has 12 heteroatoms. The van der Waals surface area contributed by atoms with Crippen LogP contribution in [-0.4, -0.2) is 20.6 Å². The van der Waals surface area contributed by atoms with Crippen molar-refractivity contribution in [3.05, 3.63) is 48.1 Å². The van der Waals surface area contributed by atoms with Crippen LogP contribution in [0.25, 0.3) is 0 Å². The monoisotopic (exact) mass is 538 g/mol. The summed E-state index contributed by atoms with van der Waals surface area (Å²) in [5.41, 5.74) is -0.268. The van der Waals surface area contributed by atoms with Gasteiger partial charge in [0, 0.05) is 32.3 Å². The van der Waals surface area contributed by atoms with Gasteiger partial charge in [-0.05, 0) is 57.5 Å². The van der Waals surface area contributed by atoms with E-state index in [4.69, 9.17) is 0 Å². The van der Waals surface area contributed by atoms with Crippen LogP contribution < -0.4 is 5.32 Å². The lowest BCUT2D eigenvalue weighted by Gasteiger charge is -2.11. The Bertz CT molecular complexity index is 953. The van der Waals surface area contributed by atoms with Crippen LogP contribution in [0.4, 0.5) is 24.5 Å². The summed E-state index contributed by atoms with van der Waals surface area (Å²) in [4.78, 5) is 22.8. The smallest absolute Gasteiger partial charge is 0.323 e. The first-order valence-corrected chi connectivity index (χ1v) is 10.3. The predicted molar refractivity (Wildman–Crippen MR) is 106 cm³/mol. The fourth-order valence-electron chi connectivity index (χ4n) is 3.31. The van der Waals surface area contributed by atoms with E-state index >= 15 is 0 Å². The molecule has 1 aromatic carbocycles. The van der Waals surface area contributed by atoms with E-state index in [-0.39, 0.29) is 32.3 Å². The van der Waals surface area contributed by atoms with E-state index in [1.807, 2.05) is 0 Å². The van der Waals surface area contributed by atoms with E-state index in [1.54, 1.807) is 0 Å². The van der Waals surface area contributed by atoms with Crippen LogP contribution in [0.3, 0.4) is 0 Å². The van der Waals surface area contributed by atoms with Gasteiger partial charge in [-0.3, -0.25) is 19.6 Å². The van der Waals surface area contributed by atoms with Crippen LogP contribution in [0.2, 0.25) is 0 Å². The van der Waals surface area contributed by atoms with Gasteiger partial charge in [0.1, 0.15) is 6.54 Å². The Labute approximate surface area is 180 Å². The highest BCUT2D eigenvalue weighted by Gasteiger charge is 2.39. The minimum atomic E-state index is -4.58. The number of aromatic nitrogens is 2. The number of nitrogens with one attached hydrogen (secondary N) is 1. The number of fused-ring (bicyclic) bond motifs is 1. The third-order valence-electron chi connectivity index (χ3n) is 4.57. The zero-order valence-electron chi connectivity index (χ0n) is 14.9. The molecule has 1 amide bonds. The first-order chi connectivity index (χ1) is 13.6. The molecule has 0 bridgehead atoms. The summed E-state index contributed by atoms with van der Waals surface area (Å²) in [6.07, 6.45) is -1.67. The molecule has 0 fully saturated rings. The molecule has 1 N–H and O–H groups in total. The normalized spacial score (nSPS) is 14.2. The number of carbonyl (C=O) groups is 1. The third-order valence-corrected chi connectivity index (χ3v) is 5.82. The average molecular weight is 540 g/mol. The topological polar surface area (TPSA) is 90.1 Å². The van der Waals surface area contributed by atoms with Crippen molar-refractivity contribution < 1.29 is 22.9 Å². The average Bonchev–Trinajstić information content (AvgIpc) is 2.80. The van der Waals surface area contributed by atoms with Gasteiger partial charge in [0.2, 0.25) is 5.91 Å². The van der Waals surface area contributed by atoms with Crippen LogP contribution in [0.5, 0.6) is 0 Å². The van der Waals surface area contributed by atoms with E-state index < -0.39 is 29.2 Å². The molecule has 0 unspecified atom stereocenters. The van der Waals surface area contributed by atoms with Crippen molar-refractivity contribution in [3.63, 3.8) is 0 Å². The Balaban J connectivity index is 1.87. The molecule has 156 valence electrons. The maximum absolute atomic E-state index is 13.4. The van der Waals surface area contributed by atoms with Gasteiger partial charge in [0.15, 0.2) is 5.69 Å². The van der Waals surface area contributed by atoms with E-state index in [0.717, 1.165) is 17.5 Å². The maximum atomic E-state index is 13.4. The second-order valence-corrected chi connectivity index (χ2v) is 8.29. The van der Waals surface area contributed by atoms with Crippen molar-refractivity contribution >= 4 is 49.1 Å². The lowest BCUT2D eigenvalue weighted by molar-refractivity contribution is -0.385. The molecule has 0 aliphatic heterocycles. The number of carbonyl (C=O) groups excluding carboxylic acids is 1. The molecule has 0 atom stereocenters. The highest BCUT2D eigenvalue weighted by molar-refractivity contribution is 9.11. The number of amides is 1. The Kier molecular flexibility index (Phi) is 6.32. The van der Waals surface area contributed by atoms with E-state index in [0.29, 0.717) is 18.5 Å². The van der Waals surface area contributed by atoms with Crippen LogP contribution in [-0.2, 0) is 30.4 Å². The molecular weight excluding hydrogens is 525 g/mol. The first-order valence-electron chi connectivity index (χ1n) is 8.67. The molecule has 0 saturated carbocycles. The molecule has 3 rings (SSSR count). The molecule has 1 heterocycles. The number of nitro groups is 1. The van der Waals surface area contributed by atoms with Crippen molar-refractivity contribution in [1.29, 1.82) is 0 Å². The van der Waals surface area contributed by atoms with E-state index in [2.05, 4.69) is 42.3 Å². The van der Waals surface area contributed by atoms with Gasteiger partial charge < -0.3 is 5.32 Å². The summed E-state index contributed by atoms with van der Waals surface area (Å²) in [6.45, 7) is -0.395. The summed E-state index contributed by atoms with van der Waals surface area (Å²) in [5, 5.41) is 17.2. The number of hydrogen-bond acceptors (Lipinski definition) is 4. The number of rotatable bonds is 4. The number of halogens is 5. The largest absolute Gasteiger partial charge is 0.435 e. The Morgan fingerprint density at radius 1 is 1.21 bits per heavy atom. The van der Waals surface area contributed by atoms with Gasteiger partial charge in [-0.15, -0.1) is 0 Å². The number of nitrogens with zero attached hydrogens (tertiary/aromatic N) is 3. The van der Waals surface area contributed by atoms with E-state index in [9.17, 15) is 28.1 Å². The second-order valence-electron chi connectivity index (χ2n) is 6.58. The summed E-state index contributed by atoms with van der Waals surface area (Å²) < 4.78 is 41.8. The number of alkyl halides is 3. The van der Waals surface area contributed by atoms with Gasteiger partial charge >= 0.3 is 6.18 Å². The fourth-order valence-corrected chi connectivity index (χ4v) is 4.67. The van der Waals surface area contributed by atoms with Crippen molar-refractivity contribution in [2.45, 2.75) is 44.8 Å². The lowest BCUT2D eigenvalue weighted by atomic mass is 10.1. The molecule has 1 aliphatic carbocycles. The van der Waals surface area contributed by atoms with E-state index in [1.165, 1.54) is 12.1 Å². The Morgan fingerprint density at radius 3 is 2.41 bits per heavy atom. The molecule has 0 radical (unpaired) electrons. The summed E-state index contributed by atoms with van der Waals surface area (Å²) in [7, 11) is 0. The van der Waals surface area contributed by atoms with Gasteiger partial charge in [0.25, 0.3) is 5.69 Å². The summed E-state index contributed by atoms with van der Waals surface area (Å²) in [6, 6.07) is 2.45. The van der Waals surface area contributed by atoms with Gasteiger partial charge in [-0.2, -0.15) is 18.3 Å². The minimum absolute atomic E-state index is 0.167. The summed E-state index contributed by atoms with van der Waals surface area (Å²) >= 11 is 6.32. The Hall–Kier alpha value is -1.95. The van der Waals surface area contributed by atoms with Crippen LogP contribution >= 0.6 is 31.9 Å². The van der Waals surface area contributed by atoms with Crippen LogP contribution in [0.1, 0.15) is 36.2 Å². The molecule has 0 saturated heterocycles. The number of nitro benzene ring substituents is 1. The quantitative estimate of drug-likeness (QED) is 0.327. The molecule has 1 aliphatic rings. The fraction of sp³-hybridized carbons (Fsp3) is 0.412. The minimum Gasteiger partial charge on any atom is -0.323 e. The second kappa shape index (κ2) is 8.42. The van der Waals surface area contributed by atoms with Crippen molar-refractivity contribution in [1.82, 2.24) is 9.78 Å². The highest BCUT2D eigenvalue weighted by atomic mass is 79.9. The molecule has 1 aromatic heterocycles. The molecule has 29 heavy (non-hydrogen) atoms. The summed E-state index contributed by atoms with van der Waals surface area (Å²) in [5.74, 6) is -0.594. The Morgan fingerprint density at radius 2 is 1.83 bits per heavy atom. The SMILES string of the molecule is O=C(Cn1nc(C(F)(F)F)c2c1CCCCC2)Nc1c(Br)cc([N+](=O)[O-])cc1Br. The first kappa shape index (κ1) is 21.8. The number of anilines is 1. The zero-order valence-corrected chi connectivity index (χ0v) is 18.0. The maximum Gasteiger partial charge on any atom is 0.435 e. The lowest BCUT2D eigenvalue weighted by Crippen LogP contribution is -2.22. The number of non-ortho nitro benzene ring substituents is 1. The molecule has 7 nitrogen and oxygen atoms in total.